The molecule has 0 saturated carbocycles. The zero-order valence-corrected chi connectivity index (χ0v) is 9.15. The molecule has 0 aliphatic rings. The predicted octanol–water partition coefficient (Wildman–Crippen LogP) is -4.45. The number of rotatable bonds is 0. The molecule has 0 unspecified atom stereocenters. The Hall–Kier alpha value is -2.30. The molecule has 13 heteroatoms. The van der Waals surface area contributed by atoms with Crippen molar-refractivity contribution in [2.45, 2.75) is 0 Å². The first kappa shape index (κ1) is 29.3. The maximum absolute atomic E-state index is 8.44. The molecular weight excluding hydrogens is 341 g/mol. The van der Waals surface area contributed by atoms with Crippen molar-refractivity contribution < 1.29 is 79.5 Å². The third kappa shape index (κ3) is 356. The Morgan fingerprint density at radius 3 is 0.529 bits per heavy atom. The molecule has 0 saturated heterocycles. The van der Waals surface area contributed by atoms with Gasteiger partial charge in [-0.2, -0.15) is 0 Å². The van der Waals surface area contributed by atoms with Gasteiger partial charge in [0.1, 0.15) is 0 Å². The maximum atomic E-state index is 8.44. The van der Waals surface area contributed by atoms with Crippen LogP contribution in [0.3, 0.4) is 0 Å². The Bertz CT molecular complexity index is 159. The van der Waals surface area contributed by atoms with Gasteiger partial charge in [-0.1, -0.05) is 0 Å². The average molecular weight is 345 g/mol. The first-order valence-corrected chi connectivity index (χ1v) is 2.53. The summed E-state index contributed by atoms with van der Waals surface area (Å²) in [5.74, 6) is 0. The van der Waals surface area contributed by atoms with E-state index >= 15 is 0 Å². The molecule has 17 heavy (non-hydrogen) atoms. The Morgan fingerprint density at radius 2 is 0.529 bits per heavy atom. The largest absolute Gasteiger partial charge is 4.00 e. The van der Waals surface area contributed by atoms with Crippen molar-refractivity contribution >= 4 is 24.6 Å². The van der Waals surface area contributed by atoms with Crippen LogP contribution in [0.15, 0.2) is 0 Å². The third-order valence-electron chi connectivity index (χ3n) is 0. The minimum Gasteiger partial charge on any atom is -0.565 e. The summed E-state index contributed by atoms with van der Waals surface area (Å²) < 4.78 is 0. The summed E-state index contributed by atoms with van der Waals surface area (Å²) in [4.78, 5) is 33.8. The molecule has 12 nitrogen and oxygen atoms in total. The monoisotopic (exact) mass is 346 g/mol. The second kappa shape index (κ2) is 23.5. The van der Waals surface area contributed by atoms with E-state index in [1.54, 1.807) is 0 Å². The molecule has 0 bridgehead atoms. The van der Waals surface area contributed by atoms with Crippen molar-refractivity contribution in [2.75, 3.05) is 0 Å². The van der Waals surface area contributed by atoms with E-state index < -0.39 is 24.6 Å². The van der Waals surface area contributed by atoms with E-state index in [1.165, 1.54) is 0 Å². The van der Waals surface area contributed by atoms with Crippen LogP contribution in [0.25, 0.3) is 0 Å². The van der Waals surface area contributed by atoms with Gasteiger partial charge in [0, 0.05) is 0 Å². The first-order valence-electron chi connectivity index (χ1n) is 2.53. The summed E-state index contributed by atoms with van der Waals surface area (Å²) in [6.45, 7) is 0. The van der Waals surface area contributed by atoms with Gasteiger partial charge >= 0.3 is 19.5 Å². The zero-order valence-electron chi connectivity index (χ0n) is 7.41. The molecule has 0 spiro atoms. The fourth-order valence-corrected chi connectivity index (χ4v) is 0. The van der Waals surface area contributed by atoms with Crippen LogP contribution in [-0.4, -0.2) is 45.0 Å². The molecule has 0 aromatic carbocycles. The second-order valence-corrected chi connectivity index (χ2v) is 1.06. The fourth-order valence-electron chi connectivity index (χ4n) is 0. The molecule has 0 heterocycles. The number of carboxylic acid groups (broad SMARTS) is 8. The van der Waals surface area contributed by atoms with Gasteiger partial charge in [0.25, 0.3) is 0 Å². The molecule has 0 aliphatic carbocycles. The summed E-state index contributed by atoms with van der Waals surface area (Å²) in [6, 6.07) is 0. The minimum absolute atomic E-state index is 0. The molecule has 0 aliphatic heterocycles. The second-order valence-electron chi connectivity index (χ2n) is 1.06. The average Bonchev–Trinajstić information content (AvgIpc) is 1.76. The van der Waals surface area contributed by atoms with Crippen LogP contribution in [0, 0.1) is 0 Å². The molecule has 0 aromatic heterocycles. The van der Waals surface area contributed by atoms with E-state index in [4.69, 9.17) is 60.0 Å². The Labute approximate surface area is 105 Å². The quantitative estimate of drug-likeness (QED) is 0.304. The summed E-state index contributed by atoms with van der Waals surface area (Å²) in [7, 11) is 0. The van der Waals surface area contributed by atoms with E-state index in [1.807, 2.05) is 0 Å². The van der Waals surface area contributed by atoms with Crippen LogP contribution >= 0.6 is 0 Å². The van der Waals surface area contributed by atoms with E-state index in [0.717, 1.165) is 0 Å². The van der Waals surface area contributed by atoms with Gasteiger partial charge in [-0.25, -0.2) is 0 Å². The standard InChI is InChI=1S/4CH2O3.Ru/c4*2-1(3)4;/h4*(H2,2,3,4);/q;;;;+4/p-4. The molecule has 0 radical (unpaired) electrons. The van der Waals surface area contributed by atoms with Crippen molar-refractivity contribution in [2.24, 2.45) is 0 Å². The van der Waals surface area contributed by atoms with Gasteiger partial charge in [-0.3, -0.25) is 0 Å². The van der Waals surface area contributed by atoms with Crippen LogP contribution in [0.4, 0.5) is 19.2 Å². The van der Waals surface area contributed by atoms with Crippen molar-refractivity contribution in [1.82, 2.24) is 0 Å². The van der Waals surface area contributed by atoms with Crippen molar-refractivity contribution in [1.29, 1.82) is 0 Å². The summed E-state index contributed by atoms with van der Waals surface area (Å²) in [5.41, 5.74) is 0. The van der Waals surface area contributed by atoms with Gasteiger partial charge in [0.2, 0.25) is 24.6 Å². The van der Waals surface area contributed by atoms with Crippen LogP contribution in [0.5, 0.6) is 0 Å². The predicted molar refractivity (Wildman–Crippen MR) is 32.1 cm³/mol. The van der Waals surface area contributed by atoms with Crippen LogP contribution in [0.1, 0.15) is 0 Å². The van der Waals surface area contributed by atoms with E-state index in [-0.39, 0.29) is 19.5 Å². The van der Waals surface area contributed by atoms with Crippen molar-refractivity contribution in [3.63, 3.8) is 0 Å². The zero-order chi connectivity index (χ0) is 14.3. The van der Waals surface area contributed by atoms with Gasteiger partial charge < -0.3 is 60.0 Å². The molecule has 0 amide bonds. The molecule has 4 N–H and O–H groups in total. The number of hydrogen-bond acceptors (Lipinski definition) is 8. The Balaban J connectivity index is -0.0000000369. The van der Waals surface area contributed by atoms with Gasteiger partial charge in [-0.05, 0) is 0 Å². The number of hydrogen-bond donors (Lipinski definition) is 4. The molecule has 0 rings (SSSR count). The van der Waals surface area contributed by atoms with Crippen LogP contribution in [-0.2, 0) is 19.5 Å². The van der Waals surface area contributed by atoms with Gasteiger partial charge in [0.05, 0.1) is 0 Å². The maximum Gasteiger partial charge on any atom is 4.00 e. The van der Waals surface area contributed by atoms with Gasteiger partial charge in [0.15, 0.2) is 0 Å². The summed E-state index contributed by atoms with van der Waals surface area (Å²) >= 11 is 0. The Kier molecular flexibility index (Phi) is 40.5. The molecule has 100 valence electrons. The molecule has 0 fully saturated rings. The fraction of sp³-hybridized carbons (Fsp3) is 0. The first-order chi connectivity index (χ1) is 6.93. The summed E-state index contributed by atoms with van der Waals surface area (Å²) in [5, 5.41) is 61.2. The van der Waals surface area contributed by atoms with Gasteiger partial charge in [-0.15, -0.1) is 0 Å². The third-order valence-corrected chi connectivity index (χ3v) is 0. The van der Waals surface area contributed by atoms with Crippen molar-refractivity contribution in [3.8, 4) is 0 Å². The van der Waals surface area contributed by atoms with E-state index in [0.29, 0.717) is 0 Å². The molecule has 0 aromatic rings. The van der Waals surface area contributed by atoms with E-state index in [9.17, 15) is 0 Å². The smallest absolute Gasteiger partial charge is 0.565 e. The normalized spacial score (nSPS) is 5.65. The van der Waals surface area contributed by atoms with Crippen LogP contribution in [0.2, 0.25) is 0 Å². The molecule has 0 atom stereocenters. The Morgan fingerprint density at radius 1 is 0.529 bits per heavy atom. The minimum atomic E-state index is -2.08. The number of carbonyl (C=O) groups is 4. The topological polar surface area (TPSA) is 241 Å². The van der Waals surface area contributed by atoms with Crippen LogP contribution < -0.4 is 20.4 Å². The van der Waals surface area contributed by atoms with Crippen molar-refractivity contribution in [3.05, 3.63) is 0 Å². The van der Waals surface area contributed by atoms with E-state index in [2.05, 4.69) is 0 Å². The SMILES string of the molecule is O=C([O-])O.O=C([O-])O.O=C([O-])O.O=C([O-])O.[Ru+4]. The molecular formula is C4H4O12Ru. The summed E-state index contributed by atoms with van der Waals surface area (Å²) in [6.07, 6.45) is -8.33.